The van der Waals surface area contributed by atoms with Crippen LogP contribution in [-0.2, 0) is 6.42 Å². The van der Waals surface area contributed by atoms with Gasteiger partial charge in [-0.3, -0.25) is 14.1 Å². The molecule has 1 atom stereocenters. The fourth-order valence-corrected chi connectivity index (χ4v) is 5.34. The predicted octanol–water partition coefficient (Wildman–Crippen LogP) is 3.92. The van der Waals surface area contributed by atoms with Crippen LogP contribution in [0, 0.1) is 18.8 Å². The van der Waals surface area contributed by atoms with E-state index in [2.05, 4.69) is 56.1 Å². The van der Waals surface area contributed by atoms with Crippen LogP contribution in [0.2, 0.25) is 0 Å². The van der Waals surface area contributed by atoms with E-state index in [4.69, 9.17) is 0 Å². The number of imidazole rings is 1. The van der Waals surface area contributed by atoms with E-state index >= 15 is 0 Å². The van der Waals surface area contributed by atoms with E-state index in [1.807, 2.05) is 47.9 Å². The Hall–Kier alpha value is -3.99. The molecule has 1 unspecified atom stereocenters. The maximum Gasteiger partial charge on any atom is 0.255 e. The standard InChI is InChI=1S/C30H30N6O/c1-21-4-8-25(19-22(21)5-9-26-20-32-30-31-12-3-13-36(26)30)33-29(37)24-6-10-27-23(18-24)7-11-28(27)35-16-14-34(2)15-17-35/h3-4,6,8,10,12-13,18-20,28H,7,11,14-17H2,1-2H3,(H,33,37). The molecule has 0 bridgehead atoms. The number of amides is 1. The van der Waals surface area contributed by atoms with Gasteiger partial charge < -0.3 is 10.2 Å². The topological polar surface area (TPSA) is 65.8 Å². The molecule has 186 valence electrons. The third-order valence-electron chi connectivity index (χ3n) is 7.54. The van der Waals surface area contributed by atoms with Gasteiger partial charge in [-0.05, 0) is 79.8 Å². The fraction of sp³-hybridized carbons (Fsp3) is 0.300. The summed E-state index contributed by atoms with van der Waals surface area (Å²) in [5.74, 6) is 6.95. The molecule has 2 aromatic carbocycles. The number of aryl methyl sites for hydroxylation is 2. The van der Waals surface area contributed by atoms with E-state index < -0.39 is 0 Å². The van der Waals surface area contributed by atoms with Gasteiger partial charge in [-0.1, -0.05) is 18.1 Å². The Morgan fingerprint density at radius 3 is 2.78 bits per heavy atom. The van der Waals surface area contributed by atoms with E-state index in [9.17, 15) is 4.79 Å². The lowest BCUT2D eigenvalue weighted by Crippen LogP contribution is -2.45. The van der Waals surface area contributed by atoms with Crippen molar-refractivity contribution in [3.63, 3.8) is 0 Å². The molecule has 4 aromatic rings. The Bertz CT molecular complexity index is 1540. The number of hydrogen-bond acceptors (Lipinski definition) is 5. The van der Waals surface area contributed by atoms with Gasteiger partial charge in [0.2, 0.25) is 5.78 Å². The van der Waals surface area contributed by atoms with Gasteiger partial charge in [0.15, 0.2) is 0 Å². The first kappa shape index (κ1) is 23.4. The smallest absolute Gasteiger partial charge is 0.255 e. The van der Waals surface area contributed by atoms with Crippen LogP contribution in [0.4, 0.5) is 5.69 Å². The summed E-state index contributed by atoms with van der Waals surface area (Å²) in [7, 11) is 2.19. The van der Waals surface area contributed by atoms with E-state index in [1.54, 1.807) is 12.4 Å². The largest absolute Gasteiger partial charge is 0.322 e. The molecule has 0 radical (unpaired) electrons. The van der Waals surface area contributed by atoms with Crippen LogP contribution in [0.15, 0.2) is 61.1 Å². The van der Waals surface area contributed by atoms with Crippen molar-refractivity contribution in [2.24, 2.45) is 0 Å². The molecule has 0 saturated carbocycles. The van der Waals surface area contributed by atoms with Crippen LogP contribution in [0.1, 0.15) is 50.8 Å². The summed E-state index contributed by atoms with van der Waals surface area (Å²) in [5, 5.41) is 3.07. The summed E-state index contributed by atoms with van der Waals surface area (Å²) in [6.07, 6.45) is 7.48. The number of benzene rings is 2. The number of piperazine rings is 1. The lowest BCUT2D eigenvalue weighted by atomic mass is 10.0. The zero-order valence-corrected chi connectivity index (χ0v) is 21.2. The lowest BCUT2D eigenvalue weighted by Gasteiger charge is -2.36. The van der Waals surface area contributed by atoms with Crippen LogP contribution in [-0.4, -0.2) is 63.3 Å². The number of carbonyl (C=O) groups excluding carboxylic acids is 1. The van der Waals surface area contributed by atoms with Gasteiger partial charge in [0.05, 0.1) is 6.20 Å². The molecule has 1 amide bonds. The molecule has 7 heteroatoms. The SMILES string of the molecule is Cc1ccc(NC(=O)c2ccc3c(c2)CCC3N2CCN(C)CC2)cc1C#Cc1cnc2ncccn12. The maximum absolute atomic E-state index is 13.1. The first-order chi connectivity index (χ1) is 18.0. The van der Waals surface area contributed by atoms with Crippen LogP contribution < -0.4 is 5.32 Å². The maximum atomic E-state index is 13.1. The number of fused-ring (bicyclic) bond motifs is 2. The average Bonchev–Trinajstić information content (AvgIpc) is 3.53. The molecule has 1 fully saturated rings. The van der Waals surface area contributed by atoms with E-state index in [-0.39, 0.29) is 5.91 Å². The van der Waals surface area contributed by atoms with E-state index in [0.717, 1.165) is 61.5 Å². The van der Waals surface area contributed by atoms with Gasteiger partial charge in [0, 0.05) is 61.4 Å². The predicted molar refractivity (Wildman–Crippen MR) is 145 cm³/mol. The van der Waals surface area contributed by atoms with Crippen LogP contribution >= 0.6 is 0 Å². The highest BCUT2D eigenvalue weighted by Gasteiger charge is 2.30. The number of hydrogen-bond donors (Lipinski definition) is 1. The Morgan fingerprint density at radius 2 is 1.92 bits per heavy atom. The Labute approximate surface area is 217 Å². The summed E-state index contributed by atoms with van der Waals surface area (Å²) in [6.45, 7) is 6.46. The number of nitrogens with zero attached hydrogens (tertiary/aromatic N) is 5. The van der Waals surface area contributed by atoms with E-state index in [1.165, 1.54) is 11.1 Å². The number of carbonyl (C=O) groups is 1. The van der Waals surface area contributed by atoms with Gasteiger partial charge >= 0.3 is 0 Å². The van der Waals surface area contributed by atoms with Crippen molar-refractivity contribution in [3.8, 4) is 11.8 Å². The molecule has 1 N–H and O–H groups in total. The minimum atomic E-state index is -0.0959. The van der Waals surface area contributed by atoms with Crippen LogP contribution in [0.3, 0.4) is 0 Å². The summed E-state index contributed by atoms with van der Waals surface area (Å²) in [4.78, 5) is 26.7. The van der Waals surface area contributed by atoms with Gasteiger partial charge in [-0.25, -0.2) is 9.97 Å². The van der Waals surface area contributed by atoms with Gasteiger partial charge in [-0.15, -0.1) is 0 Å². The number of aromatic nitrogens is 3. The third kappa shape index (κ3) is 4.74. The minimum absolute atomic E-state index is 0.0959. The van der Waals surface area contributed by atoms with Crippen molar-refractivity contribution >= 4 is 17.4 Å². The Kier molecular flexibility index (Phi) is 6.21. The molecule has 7 nitrogen and oxygen atoms in total. The zero-order valence-electron chi connectivity index (χ0n) is 21.2. The average molecular weight is 491 g/mol. The molecular weight excluding hydrogens is 460 g/mol. The van der Waals surface area contributed by atoms with Crippen LogP contribution in [0.25, 0.3) is 5.78 Å². The van der Waals surface area contributed by atoms with Crippen LogP contribution in [0.5, 0.6) is 0 Å². The lowest BCUT2D eigenvalue weighted by molar-refractivity contribution is 0.102. The second kappa shape index (κ2) is 9.81. The minimum Gasteiger partial charge on any atom is -0.322 e. The molecule has 3 heterocycles. The first-order valence-corrected chi connectivity index (χ1v) is 12.8. The van der Waals surface area contributed by atoms with Gasteiger partial charge in [0.1, 0.15) is 5.69 Å². The monoisotopic (exact) mass is 490 g/mol. The van der Waals surface area contributed by atoms with Crippen molar-refractivity contribution in [2.75, 3.05) is 38.5 Å². The summed E-state index contributed by atoms with van der Waals surface area (Å²) in [6, 6.07) is 14.4. The molecule has 37 heavy (non-hydrogen) atoms. The number of rotatable bonds is 3. The highest BCUT2D eigenvalue weighted by Crippen LogP contribution is 2.36. The highest BCUT2D eigenvalue weighted by molar-refractivity contribution is 6.04. The van der Waals surface area contributed by atoms with Crippen molar-refractivity contribution in [2.45, 2.75) is 25.8 Å². The number of anilines is 1. The first-order valence-electron chi connectivity index (χ1n) is 12.8. The fourth-order valence-electron chi connectivity index (χ4n) is 5.34. The quantitative estimate of drug-likeness (QED) is 0.441. The molecule has 1 aliphatic carbocycles. The van der Waals surface area contributed by atoms with Crippen molar-refractivity contribution in [1.82, 2.24) is 24.2 Å². The Morgan fingerprint density at radius 1 is 1.05 bits per heavy atom. The van der Waals surface area contributed by atoms with Crippen molar-refractivity contribution in [3.05, 3.63) is 94.6 Å². The van der Waals surface area contributed by atoms with Gasteiger partial charge in [-0.2, -0.15) is 0 Å². The molecular formula is C30H30N6O. The normalized spacial score (nSPS) is 17.8. The second-order valence-corrected chi connectivity index (χ2v) is 9.97. The summed E-state index contributed by atoms with van der Waals surface area (Å²) < 4.78 is 1.86. The molecule has 2 aliphatic rings. The molecule has 0 spiro atoms. The molecule has 1 aliphatic heterocycles. The van der Waals surface area contributed by atoms with Gasteiger partial charge in [0.25, 0.3) is 5.91 Å². The summed E-state index contributed by atoms with van der Waals surface area (Å²) >= 11 is 0. The Balaban J connectivity index is 1.18. The van der Waals surface area contributed by atoms with E-state index in [0.29, 0.717) is 17.4 Å². The molecule has 2 aromatic heterocycles. The summed E-state index contributed by atoms with van der Waals surface area (Å²) in [5.41, 5.74) is 6.79. The number of nitrogens with one attached hydrogen (secondary N) is 1. The van der Waals surface area contributed by atoms with Crippen molar-refractivity contribution in [1.29, 1.82) is 0 Å². The third-order valence-corrected chi connectivity index (χ3v) is 7.54. The highest BCUT2D eigenvalue weighted by atomic mass is 16.1. The molecule has 1 saturated heterocycles. The van der Waals surface area contributed by atoms with Crippen molar-refractivity contribution < 1.29 is 4.79 Å². The number of likely N-dealkylation sites (N-methyl/N-ethyl adjacent to an activating group) is 1. The zero-order chi connectivity index (χ0) is 25.4. The molecule has 6 rings (SSSR count). The second-order valence-electron chi connectivity index (χ2n) is 9.97.